The SMILES string of the molecule is CO[C@H](CC/C=C/C(=O)O)[C@H](OC(=O)Nc1ccc2c(c1)OCO2)c1ccc(O)c2ccccc12. The van der Waals surface area contributed by atoms with E-state index < -0.39 is 24.3 Å². The molecule has 182 valence electrons. The van der Waals surface area contributed by atoms with E-state index in [1.165, 1.54) is 13.2 Å². The van der Waals surface area contributed by atoms with Gasteiger partial charge in [0.2, 0.25) is 6.79 Å². The molecule has 3 aromatic rings. The lowest BCUT2D eigenvalue weighted by Gasteiger charge is -2.27. The Kier molecular flexibility index (Phi) is 7.37. The third kappa shape index (κ3) is 5.64. The number of aliphatic carboxylic acids is 1. The molecular weight excluding hydrogens is 454 g/mol. The number of allylic oxidation sites excluding steroid dienone is 1. The van der Waals surface area contributed by atoms with E-state index in [2.05, 4.69) is 5.32 Å². The highest BCUT2D eigenvalue weighted by Gasteiger charge is 2.29. The van der Waals surface area contributed by atoms with Gasteiger partial charge in [-0.05, 0) is 36.4 Å². The van der Waals surface area contributed by atoms with Gasteiger partial charge in [-0.25, -0.2) is 9.59 Å². The fraction of sp³-hybridized carbons (Fsp3) is 0.231. The number of carboxylic acid groups (broad SMARTS) is 1. The van der Waals surface area contributed by atoms with E-state index >= 15 is 0 Å². The Balaban J connectivity index is 1.61. The number of aromatic hydroxyl groups is 1. The summed E-state index contributed by atoms with van der Waals surface area (Å²) >= 11 is 0. The Morgan fingerprint density at radius 3 is 2.63 bits per heavy atom. The molecule has 35 heavy (non-hydrogen) atoms. The van der Waals surface area contributed by atoms with Crippen molar-refractivity contribution < 1.29 is 38.7 Å². The number of fused-ring (bicyclic) bond motifs is 2. The lowest BCUT2D eigenvalue weighted by Crippen LogP contribution is -2.28. The Morgan fingerprint density at radius 2 is 1.86 bits per heavy atom. The van der Waals surface area contributed by atoms with Gasteiger partial charge < -0.3 is 29.2 Å². The summed E-state index contributed by atoms with van der Waals surface area (Å²) in [7, 11) is 1.50. The molecule has 4 rings (SSSR count). The van der Waals surface area contributed by atoms with Gasteiger partial charge in [-0.15, -0.1) is 0 Å². The van der Waals surface area contributed by atoms with Crippen molar-refractivity contribution in [3.05, 3.63) is 72.3 Å². The highest BCUT2D eigenvalue weighted by atomic mass is 16.7. The zero-order valence-corrected chi connectivity index (χ0v) is 19.0. The first kappa shape index (κ1) is 23.9. The zero-order chi connectivity index (χ0) is 24.8. The minimum absolute atomic E-state index is 0.103. The van der Waals surface area contributed by atoms with Crippen LogP contribution in [-0.4, -0.2) is 42.3 Å². The molecule has 3 aromatic carbocycles. The number of carbonyl (C=O) groups excluding carboxylic acids is 1. The number of methoxy groups -OCH3 is 1. The van der Waals surface area contributed by atoms with Crippen LogP contribution in [0.3, 0.4) is 0 Å². The second-order valence-corrected chi connectivity index (χ2v) is 7.83. The van der Waals surface area contributed by atoms with Gasteiger partial charge in [0.15, 0.2) is 17.6 Å². The van der Waals surface area contributed by atoms with E-state index in [0.717, 1.165) is 6.08 Å². The Bertz CT molecular complexity index is 1260. The summed E-state index contributed by atoms with van der Waals surface area (Å²) in [5.74, 6) is 0.167. The van der Waals surface area contributed by atoms with Gasteiger partial charge in [-0.2, -0.15) is 0 Å². The van der Waals surface area contributed by atoms with Gasteiger partial charge in [0.25, 0.3) is 0 Å². The summed E-state index contributed by atoms with van der Waals surface area (Å²) in [4.78, 5) is 23.7. The number of phenols is 1. The molecule has 1 heterocycles. The largest absolute Gasteiger partial charge is 0.507 e. The van der Waals surface area contributed by atoms with Crippen LogP contribution in [0.1, 0.15) is 24.5 Å². The van der Waals surface area contributed by atoms with E-state index in [9.17, 15) is 14.7 Å². The van der Waals surface area contributed by atoms with Crippen LogP contribution in [0.5, 0.6) is 17.2 Å². The van der Waals surface area contributed by atoms with E-state index in [0.29, 0.717) is 46.4 Å². The summed E-state index contributed by atoms with van der Waals surface area (Å²) in [5, 5.41) is 23.2. The molecule has 9 nitrogen and oxygen atoms in total. The zero-order valence-electron chi connectivity index (χ0n) is 19.0. The van der Waals surface area contributed by atoms with Crippen molar-refractivity contribution in [1.29, 1.82) is 0 Å². The molecular formula is C26H25NO8. The first-order valence-electron chi connectivity index (χ1n) is 11.0. The molecule has 0 fully saturated rings. The number of hydrogen-bond acceptors (Lipinski definition) is 7. The Labute approximate surface area is 201 Å². The van der Waals surface area contributed by atoms with Crippen molar-refractivity contribution in [1.82, 2.24) is 0 Å². The molecule has 2 atom stereocenters. The van der Waals surface area contributed by atoms with Gasteiger partial charge >= 0.3 is 12.1 Å². The maximum Gasteiger partial charge on any atom is 0.412 e. The number of benzene rings is 3. The molecule has 0 saturated heterocycles. The van der Waals surface area contributed by atoms with Crippen molar-refractivity contribution in [3.8, 4) is 17.2 Å². The van der Waals surface area contributed by atoms with Crippen molar-refractivity contribution in [2.75, 3.05) is 19.2 Å². The maximum atomic E-state index is 12.9. The Hall–Kier alpha value is -4.24. The average molecular weight is 479 g/mol. The quantitative estimate of drug-likeness (QED) is 0.366. The van der Waals surface area contributed by atoms with Crippen LogP contribution in [-0.2, 0) is 14.3 Å². The maximum absolute atomic E-state index is 12.9. The van der Waals surface area contributed by atoms with Crippen LogP contribution < -0.4 is 14.8 Å². The number of carboxylic acids is 1. The fourth-order valence-corrected chi connectivity index (χ4v) is 3.97. The summed E-state index contributed by atoms with van der Waals surface area (Å²) in [6, 6.07) is 15.5. The number of hydrogen-bond donors (Lipinski definition) is 3. The summed E-state index contributed by atoms with van der Waals surface area (Å²) < 4.78 is 22.2. The number of rotatable bonds is 9. The number of anilines is 1. The summed E-state index contributed by atoms with van der Waals surface area (Å²) in [5.41, 5.74) is 1.11. The lowest BCUT2D eigenvalue weighted by molar-refractivity contribution is -0.131. The molecule has 0 saturated carbocycles. The van der Waals surface area contributed by atoms with E-state index in [1.54, 1.807) is 42.5 Å². The van der Waals surface area contributed by atoms with Crippen molar-refractivity contribution >= 4 is 28.5 Å². The minimum atomic E-state index is -1.04. The normalized spacial score (nSPS) is 14.1. The first-order chi connectivity index (χ1) is 17.0. The average Bonchev–Trinajstić information content (AvgIpc) is 3.31. The molecule has 0 radical (unpaired) electrons. The predicted molar refractivity (Wildman–Crippen MR) is 128 cm³/mol. The molecule has 0 bridgehead atoms. The number of phenolic OH excluding ortho intramolecular Hbond substituents is 1. The predicted octanol–water partition coefficient (Wildman–Crippen LogP) is 5.00. The molecule has 0 aromatic heterocycles. The van der Waals surface area contributed by atoms with Gasteiger partial charge in [-0.1, -0.05) is 36.4 Å². The molecule has 0 spiro atoms. The standard InChI is InChI=1S/C26H25NO8/c1-32-22(8-4-5-9-24(29)30)25(19-11-12-20(28)18-7-3-2-6-17(18)19)35-26(31)27-16-10-13-21-23(14-16)34-15-33-21/h2-3,5-7,9-14,22,25,28H,4,8,15H2,1H3,(H,27,31)(H,29,30)/b9-5+/t22-,25-/m1/s1. The molecule has 1 aliphatic rings. The van der Waals surface area contributed by atoms with Crippen molar-refractivity contribution in [2.45, 2.75) is 25.0 Å². The smallest absolute Gasteiger partial charge is 0.412 e. The van der Waals surface area contributed by atoms with Crippen LogP contribution in [0.15, 0.2) is 66.7 Å². The third-order valence-electron chi connectivity index (χ3n) is 5.61. The van der Waals surface area contributed by atoms with Crippen LogP contribution in [0.25, 0.3) is 10.8 Å². The van der Waals surface area contributed by atoms with E-state index in [1.807, 2.05) is 12.1 Å². The third-order valence-corrected chi connectivity index (χ3v) is 5.61. The van der Waals surface area contributed by atoms with Crippen molar-refractivity contribution in [2.24, 2.45) is 0 Å². The number of amides is 1. The van der Waals surface area contributed by atoms with Gasteiger partial charge in [0.1, 0.15) is 5.75 Å². The molecule has 0 unspecified atom stereocenters. The number of carbonyl (C=O) groups is 2. The first-order valence-corrected chi connectivity index (χ1v) is 11.0. The molecule has 1 amide bonds. The second kappa shape index (κ2) is 10.8. The summed E-state index contributed by atoms with van der Waals surface area (Å²) in [6.45, 7) is 0.116. The highest BCUT2D eigenvalue weighted by molar-refractivity contribution is 5.92. The van der Waals surface area contributed by atoms with Gasteiger partial charge in [0.05, 0.1) is 6.10 Å². The highest BCUT2D eigenvalue weighted by Crippen LogP contribution is 2.37. The van der Waals surface area contributed by atoms with Gasteiger partial charge in [-0.3, -0.25) is 5.32 Å². The molecule has 3 N–H and O–H groups in total. The summed E-state index contributed by atoms with van der Waals surface area (Å²) in [6.07, 6.45) is 1.20. The Morgan fingerprint density at radius 1 is 1.09 bits per heavy atom. The van der Waals surface area contributed by atoms with Crippen LogP contribution in [0.4, 0.5) is 10.5 Å². The van der Waals surface area contributed by atoms with Crippen LogP contribution in [0, 0.1) is 0 Å². The van der Waals surface area contributed by atoms with Crippen LogP contribution >= 0.6 is 0 Å². The lowest BCUT2D eigenvalue weighted by atomic mass is 9.94. The van der Waals surface area contributed by atoms with E-state index in [-0.39, 0.29) is 12.5 Å². The minimum Gasteiger partial charge on any atom is -0.507 e. The molecule has 1 aliphatic heterocycles. The number of nitrogens with one attached hydrogen (secondary N) is 1. The molecule has 0 aliphatic carbocycles. The molecule has 9 heteroatoms. The monoisotopic (exact) mass is 479 g/mol. The second-order valence-electron chi connectivity index (χ2n) is 7.83. The van der Waals surface area contributed by atoms with Gasteiger partial charge in [0, 0.05) is 35.9 Å². The van der Waals surface area contributed by atoms with E-state index in [4.69, 9.17) is 24.1 Å². The van der Waals surface area contributed by atoms with Crippen LogP contribution in [0.2, 0.25) is 0 Å². The van der Waals surface area contributed by atoms with Crippen molar-refractivity contribution in [3.63, 3.8) is 0 Å². The fourth-order valence-electron chi connectivity index (χ4n) is 3.97. The topological polar surface area (TPSA) is 124 Å². The number of ether oxygens (including phenoxy) is 4.